The van der Waals surface area contributed by atoms with E-state index >= 15 is 0 Å². The molecule has 0 aliphatic carbocycles. The van der Waals surface area contributed by atoms with E-state index in [0.717, 1.165) is 0 Å². The van der Waals surface area contributed by atoms with E-state index < -0.39 is 0 Å². The highest BCUT2D eigenvalue weighted by atomic mass is 16.5. The highest BCUT2D eigenvalue weighted by Crippen LogP contribution is 2.12. The topological polar surface area (TPSA) is 67.3 Å². The lowest BCUT2D eigenvalue weighted by atomic mass is 10.4. The minimum Gasteiger partial charge on any atom is -0.475 e. The van der Waals surface area contributed by atoms with Gasteiger partial charge in [-0.25, -0.2) is 9.97 Å². The predicted octanol–water partition coefficient (Wildman–Crippen LogP) is 1.15. The van der Waals surface area contributed by atoms with Gasteiger partial charge in [-0.15, -0.1) is 0 Å². The van der Waals surface area contributed by atoms with Crippen molar-refractivity contribution in [2.75, 3.05) is 26.0 Å². The number of hydrogen-bond acceptors (Lipinski definition) is 5. The molecule has 1 rings (SSSR count). The van der Waals surface area contributed by atoms with Crippen molar-refractivity contribution in [3.8, 4) is 5.88 Å². The second-order valence-corrected chi connectivity index (χ2v) is 4.37. The van der Waals surface area contributed by atoms with Gasteiger partial charge in [0.1, 0.15) is 12.1 Å². The average Bonchev–Trinajstić information content (AvgIpc) is 2.28. The number of amides is 1. The average molecular weight is 252 g/mol. The molecule has 0 aliphatic heterocycles. The van der Waals surface area contributed by atoms with Crippen molar-refractivity contribution in [3.63, 3.8) is 0 Å². The molecule has 0 radical (unpaired) electrons. The number of nitrogens with one attached hydrogen (secondary N) is 1. The first-order chi connectivity index (χ1) is 8.49. The lowest BCUT2D eigenvalue weighted by Crippen LogP contribution is -2.24. The zero-order valence-electron chi connectivity index (χ0n) is 11.3. The van der Waals surface area contributed by atoms with Crippen molar-refractivity contribution < 1.29 is 9.53 Å². The maximum Gasteiger partial charge on any atom is 0.223 e. The molecule has 0 saturated carbocycles. The van der Waals surface area contributed by atoms with Gasteiger partial charge in [-0.2, -0.15) is 0 Å². The Morgan fingerprint density at radius 3 is 2.78 bits per heavy atom. The quantitative estimate of drug-likeness (QED) is 0.822. The predicted molar refractivity (Wildman–Crippen MR) is 69.6 cm³/mol. The van der Waals surface area contributed by atoms with Crippen LogP contribution in [-0.2, 0) is 4.79 Å². The second-order valence-electron chi connectivity index (χ2n) is 4.37. The molecular formula is C12H20N4O2. The SMILES string of the molecule is CC(C)Oc1cc(NCCC(=O)N(C)C)ncn1. The first kappa shape index (κ1) is 14.2. The van der Waals surface area contributed by atoms with E-state index in [1.54, 1.807) is 25.1 Å². The third-order valence-electron chi connectivity index (χ3n) is 2.14. The summed E-state index contributed by atoms with van der Waals surface area (Å²) in [4.78, 5) is 21.0. The standard InChI is InChI=1S/C12H20N4O2/c1-9(2)18-11-7-10(14-8-15-11)13-6-5-12(17)16(3)4/h7-9H,5-6H2,1-4H3,(H,13,14,15). The lowest BCUT2D eigenvalue weighted by Gasteiger charge is -2.12. The van der Waals surface area contributed by atoms with E-state index in [-0.39, 0.29) is 12.0 Å². The number of anilines is 1. The second kappa shape index (κ2) is 6.78. The van der Waals surface area contributed by atoms with Crippen LogP contribution in [0.3, 0.4) is 0 Å². The maximum atomic E-state index is 11.4. The molecule has 100 valence electrons. The number of ether oxygens (including phenoxy) is 1. The Morgan fingerprint density at radius 2 is 2.17 bits per heavy atom. The van der Waals surface area contributed by atoms with Crippen LogP contribution < -0.4 is 10.1 Å². The van der Waals surface area contributed by atoms with Crippen molar-refractivity contribution in [2.24, 2.45) is 0 Å². The van der Waals surface area contributed by atoms with Gasteiger partial charge in [-0.1, -0.05) is 0 Å². The van der Waals surface area contributed by atoms with Crippen molar-refractivity contribution in [1.82, 2.24) is 14.9 Å². The highest BCUT2D eigenvalue weighted by molar-refractivity contribution is 5.76. The normalized spacial score (nSPS) is 10.3. The molecular weight excluding hydrogens is 232 g/mol. The number of carbonyl (C=O) groups is 1. The summed E-state index contributed by atoms with van der Waals surface area (Å²) in [6.45, 7) is 4.41. The molecule has 6 heteroatoms. The minimum atomic E-state index is 0.0723. The Morgan fingerprint density at radius 1 is 1.44 bits per heavy atom. The molecule has 1 aromatic heterocycles. The zero-order chi connectivity index (χ0) is 13.5. The molecule has 0 spiro atoms. The zero-order valence-corrected chi connectivity index (χ0v) is 11.3. The van der Waals surface area contributed by atoms with Gasteiger partial charge in [0.2, 0.25) is 11.8 Å². The molecule has 1 heterocycles. The van der Waals surface area contributed by atoms with Gasteiger partial charge in [0.05, 0.1) is 6.10 Å². The number of nitrogens with zero attached hydrogens (tertiary/aromatic N) is 3. The van der Waals surface area contributed by atoms with Crippen LogP contribution >= 0.6 is 0 Å². The third kappa shape index (κ3) is 4.99. The van der Waals surface area contributed by atoms with E-state index in [1.165, 1.54) is 6.33 Å². The molecule has 0 fully saturated rings. The van der Waals surface area contributed by atoms with Gasteiger partial charge in [0.15, 0.2) is 0 Å². The van der Waals surface area contributed by atoms with Gasteiger partial charge in [-0.05, 0) is 13.8 Å². The largest absolute Gasteiger partial charge is 0.475 e. The summed E-state index contributed by atoms with van der Waals surface area (Å²) in [5, 5.41) is 3.07. The Labute approximate surface area is 107 Å². The third-order valence-corrected chi connectivity index (χ3v) is 2.14. The van der Waals surface area contributed by atoms with Crippen LogP contribution in [0.2, 0.25) is 0 Å². The smallest absolute Gasteiger partial charge is 0.223 e. The Balaban J connectivity index is 2.45. The Bertz CT molecular complexity index is 393. The number of rotatable bonds is 6. The molecule has 0 saturated heterocycles. The summed E-state index contributed by atoms with van der Waals surface area (Å²) in [6.07, 6.45) is 1.94. The van der Waals surface area contributed by atoms with Gasteiger partial charge in [0.25, 0.3) is 0 Å². The van der Waals surface area contributed by atoms with E-state index in [2.05, 4.69) is 15.3 Å². The number of aromatic nitrogens is 2. The molecule has 0 unspecified atom stereocenters. The lowest BCUT2D eigenvalue weighted by molar-refractivity contribution is -0.128. The molecule has 0 aliphatic rings. The van der Waals surface area contributed by atoms with E-state index in [1.807, 2.05) is 13.8 Å². The van der Waals surface area contributed by atoms with Gasteiger partial charge in [0, 0.05) is 33.1 Å². The van der Waals surface area contributed by atoms with E-state index in [0.29, 0.717) is 24.7 Å². The fraction of sp³-hybridized carbons (Fsp3) is 0.583. The molecule has 0 bridgehead atoms. The Kier molecular flexibility index (Phi) is 5.35. The summed E-state index contributed by atoms with van der Waals surface area (Å²) in [5.74, 6) is 1.27. The molecule has 1 amide bonds. The van der Waals surface area contributed by atoms with Crippen LogP contribution in [0, 0.1) is 0 Å². The molecule has 1 aromatic rings. The van der Waals surface area contributed by atoms with E-state index in [4.69, 9.17) is 4.74 Å². The van der Waals surface area contributed by atoms with Crippen molar-refractivity contribution in [3.05, 3.63) is 12.4 Å². The maximum absolute atomic E-state index is 11.4. The molecule has 6 nitrogen and oxygen atoms in total. The van der Waals surface area contributed by atoms with Crippen molar-refractivity contribution in [2.45, 2.75) is 26.4 Å². The van der Waals surface area contributed by atoms with Crippen LogP contribution in [0.25, 0.3) is 0 Å². The summed E-state index contributed by atoms with van der Waals surface area (Å²) < 4.78 is 5.45. The van der Waals surface area contributed by atoms with Crippen molar-refractivity contribution >= 4 is 11.7 Å². The molecule has 0 aromatic carbocycles. The molecule has 18 heavy (non-hydrogen) atoms. The fourth-order valence-corrected chi connectivity index (χ4v) is 1.26. The van der Waals surface area contributed by atoms with Crippen LogP contribution in [0.4, 0.5) is 5.82 Å². The summed E-state index contributed by atoms with van der Waals surface area (Å²) >= 11 is 0. The first-order valence-corrected chi connectivity index (χ1v) is 5.91. The van der Waals surface area contributed by atoms with E-state index in [9.17, 15) is 4.79 Å². The first-order valence-electron chi connectivity index (χ1n) is 5.91. The van der Waals surface area contributed by atoms with Gasteiger partial charge in [-0.3, -0.25) is 4.79 Å². The van der Waals surface area contributed by atoms with Crippen LogP contribution in [0.1, 0.15) is 20.3 Å². The van der Waals surface area contributed by atoms with Gasteiger partial charge < -0.3 is 15.0 Å². The minimum absolute atomic E-state index is 0.0723. The van der Waals surface area contributed by atoms with Crippen LogP contribution in [0.15, 0.2) is 12.4 Å². The summed E-state index contributed by atoms with van der Waals surface area (Å²) in [7, 11) is 3.48. The van der Waals surface area contributed by atoms with Crippen LogP contribution in [0.5, 0.6) is 5.88 Å². The summed E-state index contributed by atoms with van der Waals surface area (Å²) in [6, 6.07) is 1.72. The monoisotopic (exact) mass is 252 g/mol. The van der Waals surface area contributed by atoms with Crippen molar-refractivity contribution in [1.29, 1.82) is 0 Å². The fourth-order valence-electron chi connectivity index (χ4n) is 1.26. The molecule has 0 atom stereocenters. The number of hydrogen-bond donors (Lipinski definition) is 1. The summed E-state index contributed by atoms with van der Waals surface area (Å²) in [5.41, 5.74) is 0. The van der Waals surface area contributed by atoms with Gasteiger partial charge >= 0.3 is 0 Å². The Hall–Kier alpha value is -1.85. The molecule has 1 N–H and O–H groups in total. The number of carbonyl (C=O) groups excluding carboxylic acids is 1. The highest BCUT2D eigenvalue weighted by Gasteiger charge is 2.05. The van der Waals surface area contributed by atoms with Crippen LogP contribution in [-0.4, -0.2) is 47.5 Å².